The lowest BCUT2D eigenvalue weighted by Crippen LogP contribution is -2.39. The Hall–Kier alpha value is -1.65. The lowest BCUT2D eigenvalue weighted by Gasteiger charge is -2.30. The molecule has 0 spiro atoms. The average Bonchev–Trinajstić information content (AvgIpc) is 2.93. The number of nitrogens with zero attached hydrogens (tertiary/aromatic N) is 1. The molecule has 2 saturated carbocycles. The number of nitrogens with one attached hydrogen (secondary N) is 1. The molecule has 5 nitrogen and oxygen atoms in total. The van der Waals surface area contributed by atoms with E-state index in [1.807, 2.05) is 0 Å². The van der Waals surface area contributed by atoms with Gasteiger partial charge in [0.15, 0.2) is 0 Å². The Morgan fingerprint density at radius 1 is 0.846 bits per heavy atom. The van der Waals surface area contributed by atoms with Crippen molar-refractivity contribution in [1.29, 1.82) is 0 Å². The zero-order valence-electron chi connectivity index (χ0n) is 15.8. The monoisotopic (exact) mass is 360 g/mol. The van der Waals surface area contributed by atoms with E-state index in [2.05, 4.69) is 5.32 Å². The minimum Gasteiger partial charge on any atom is -0.356 e. The molecular formula is C21H32N2O3. The molecule has 1 heterocycles. The Morgan fingerprint density at radius 2 is 1.42 bits per heavy atom. The smallest absolute Gasteiger partial charge is 0.253 e. The van der Waals surface area contributed by atoms with E-state index in [1.165, 1.54) is 62.0 Å². The molecule has 2 aliphatic carbocycles. The van der Waals surface area contributed by atoms with Crippen LogP contribution in [-0.4, -0.2) is 35.7 Å². The van der Waals surface area contributed by atoms with Gasteiger partial charge in [0.1, 0.15) is 0 Å². The molecule has 26 heavy (non-hydrogen) atoms. The zero-order chi connectivity index (χ0) is 18.4. The minimum absolute atomic E-state index is 0.0999. The van der Waals surface area contributed by atoms with Crippen LogP contribution in [0.1, 0.15) is 70.6 Å². The number of hydrogen-bond donors (Lipinski definition) is 1. The summed E-state index contributed by atoms with van der Waals surface area (Å²) in [4.78, 5) is 37.2. The van der Waals surface area contributed by atoms with Crippen molar-refractivity contribution in [1.82, 2.24) is 10.2 Å². The van der Waals surface area contributed by atoms with Crippen LogP contribution in [0.25, 0.3) is 0 Å². The molecule has 3 amide bonds. The van der Waals surface area contributed by atoms with Gasteiger partial charge < -0.3 is 5.32 Å². The fourth-order valence-corrected chi connectivity index (χ4v) is 4.61. The summed E-state index contributed by atoms with van der Waals surface area (Å²) < 4.78 is 0. The van der Waals surface area contributed by atoms with Crippen LogP contribution in [0.5, 0.6) is 0 Å². The van der Waals surface area contributed by atoms with E-state index < -0.39 is 0 Å². The van der Waals surface area contributed by atoms with Gasteiger partial charge in [-0.2, -0.15) is 0 Å². The number of imide groups is 1. The highest BCUT2D eigenvalue weighted by Gasteiger charge is 2.31. The summed E-state index contributed by atoms with van der Waals surface area (Å²) in [5.74, 6) is 0.888. The van der Waals surface area contributed by atoms with Crippen molar-refractivity contribution in [2.24, 2.45) is 17.8 Å². The summed E-state index contributed by atoms with van der Waals surface area (Å²) in [6.45, 7) is 1.34. The van der Waals surface area contributed by atoms with E-state index in [1.54, 1.807) is 0 Å². The van der Waals surface area contributed by atoms with Crippen LogP contribution in [0.2, 0.25) is 0 Å². The molecule has 144 valence electrons. The summed E-state index contributed by atoms with van der Waals surface area (Å²) >= 11 is 0. The van der Waals surface area contributed by atoms with E-state index in [9.17, 15) is 14.4 Å². The van der Waals surface area contributed by atoms with Crippen LogP contribution in [0.15, 0.2) is 12.2 Å². The molecule has 0 aromatic heterocycles. The second-order valence-corrected chi connectivity index (χ2v) is 8.29. The maximum atomic E-state index is 12.5. The lowest BCUT2D eigenvalue weighted by atomic mass is 9.81. The molecular weight excluding hydrogens is 328 g/mol. The van der Waals surface area contributed by atoms with Gasteiger partial charge in [0.25, 0.3) is 11.8 Å². The Kier molecular flexibility index (Phi) is 6.86. The largest absolute Gasteiger partial charge is 0.356 e. The van der Waals surface area contributed by atoms with Gasteiger partial charge in [0.05, 0.1) is 0 Å². The van der Waals surface area contributed by atoms with Gasteiger partial charge in [-0.05, 0) is 50.4 Å². The van der Waals surface area contributed by atoms with Crippen LogP contribution in [-0.2, 0) is 14.4 Å². The van der Waals surface area contributed by atoms with E-state index in [-0.39, 0.29) is 23.6 Å². The molecule has 0 aromatic rings. The maximum absolute atomic E-state index is 12.5. The second-order valence-electron chi connectivity index (χ2n) is 8.29. The topological polar surface area (TPSA) is 66.5 Å². The van der Waals surface area contributed by atoms with Gasteiger partial charge >= 0.3 is 0 Å². The highest BCUT2D eigenvalue weighted by atomic mass is 16.2. The molecule has 1 aliphatic heterocycles. The Bertz CT molecular complexity index is 523. The standard InChI is InChI=1S/C21H32N2O3/c24-19-12-13-20(25)23(19)15-17-8-10-18(11-9-17)21(26)22-14-16-6-4-2-1-3-5-7-16/h12-13,16-18H,1-11,14-15H2,(H,22,26). The van der Waals surface area contributed by atoms with E-state index in [0.29, 0.717) is 18.4 Å². The van der Waals surface area contributed by atoms with Crippen LogP contribution >= 0.6 is 0 Å². The van der Waals surface area contributed by atoms with Gasteiger partial charge in [-0.3, -0.25) is 19.3 Å². The van der Waals surface area contributed by atoms with Gasteiger partial charge in [0.2, 0.25) is 5.91 Å². The highest BCUT2D eigenvalue weighted by Crippen LogP contribution is 2.30. The molecule has 1 N–H and O–H groups in total. The third kappa shape index (κ3) is 5.18. The number of hydrogen-bond acceptors (Lipinski definition) is 3. The average molecular weight is 360 g/mol. The van der Waals surface area contributed by atoms with Crippen LogP contribution in [0, 0.1) is 17.8 Å². The number of carbonyl (C=O) groups excluding carboxylic acids is 3. The third-order valence-corrected chi connectivity index (χ3v) is 6.35. The minimum atomic E-state index is -0.200. The maximum Gasteiger partial charge on any atom is 0.253 e. The van der Waals surface area contributed by atoms with E-state index >= 15 is 0 Å². The quantitative estimate of drug-likeness (QED) is 0.766. The number of amides is 3. The summed E-state index contributed by atoms with van der Waals surface area (Å²) in [5, 5.41) is 3.20. The van der Waals surface area contributed by atoms with Gasteiger partial charge in [-0.25, -0.2) is 0 Å². The van der Waals surface area contributed by atoms with Crippen molar-refractivity contribution in [3.05, 3.63) is 12.2 Å². The Balaban J connectivity index is 1.36. The predicted octanol–water partition coefficient (Wildman–Crippen LogP) is 3.19. The second kappa shape index (κ2) is 9.33. The summed E-state index contributed by atoms with van der Waals surface area (Å²) in [5.41, 5.74) is 0. The molecule has 0 radical (unpaired) electrons. The molecule has 3 rings (SSSR count). The molecule has 0 unspecified atom stereocenters. The van der Waals surface area contributed by atoms with Crippen LogP contribution < -0.4 is 5.32 Å². The van der Waals surface area contributed by atoms with Crippen molar-refractivity contribution in [3.63, 3.8) is 0 Å². The van der Waals surface area contributed by atoms with E-state index in [0.717, 1.165) is 32.2 Å². The number of rotatable bonds is 5. The Morgan fingerprint density at radius 3 is 2.04 bits per heavy atom. The molecule has 3 aliphatic rings. The molecule has 0 aromatic carbocycles. The van der Waals surface area contributed by atoms with Crippen molar-refractivity contribution < 1.29 is 14.4 Å². The SMILES string of the molecule is O=C(NCC1CCCCCCC1)C1CCC(CN2C(=O)C=CC2=O)CC1. The molecule has 2 fully saturated rings. The first kappa shape index (κ1) is 19.1. The first-order valence-corrected chi connectivity index (χ1v) is 10.4. The van der Waals surface area contributed by atoms with Gasteiger partial charge in [-0.15, -0.1) is 0 Å². The summed E-state index contributed by atoms with van der Waals surface area (Å²) in [6, 6.07) is 0. The van der Waals surface area contributed by atoms with Crippen molar-refractivity contribution in [2.75, 3.05) is 13.1 Å². The molecule has 0 saturated heterocycles. The van der Waals surface area contributed by atoms with Gasteiger partial charge in [-0.1, -0.05) is 32.1 Å². The van der Waals surface area contributed by atoms with Crippen molar-refractivity contribution in [3.8, 4) is 0 Å². The van der Waals surface area contributed by atoms with Crippen molar-refractivity contribution >= 4 is 17.7 Å². The van der Waals surface area contributed by atoms with Crippen LogP contribution in [0.3, 0.4) is 0 Å². The first-order valence-electron chi connectivity index (χ1n) is 10.4. The summed E-state index contributed by atoms with van der Waals surface area (Å²) in [7, 11) is 0. The highest BCUT2D eigenvalue weighted by molar-refractivity contribution is 6.12. The predicted molar refractivity (Wildman–Crippen MR) is 100 cm³/mol. The molecule has 0 atom stereocenters. The lowest BCUT2D eigenvalue weighted by molar-refractivity contribution is -0.138. The van der Waals surface area contributed by atoms with Crippen LogP contribution in [0.4, 0.5) is 0 Å². The third-order valence-electron chi connectivity index (χ3n) is 6.35. The fourth-order valence-electron chi connectivity index (χ4n) is 4.61. The fraction of sp³-hybridized carbons (Fsp3) is 0.762. The van der Waals surface area contributed by atoms with Gasteiger partial charge in [0, 0.05) is 31.2 Å². The Labute approximate surface area is 156 Å². The normalized spacial score (nSPS) is 28.1. The molecule has 5 heteroatoms. The van der Waals surface area contributed by atoms with Crippen molar-refractivity contribution in [2.45, 2.75) is 70.6 Å². The summed E-state index contributed by atoms with van der Waals surface area (Å²) in [6.07, 6.45) is 15.4. The first-order chi connectivity index (χ1) is 12.6. The number of carbonyl (C=O) groups is 3. The zero-order valence-corrected chi connectivity index (χ0v) is 15.8. The molecule has 0 bridgehead atoms. The van der Waals surface area contributed by atoms with E-state index in [4.69, 9.17) is 0 Å².